The summed E-state index contributed by atoms with van der Waals surface area (Å²) in [5.74, 6) is 1.34. The van der Waals surface area contributed by atoms with Crippen molar-refractivity contribution in [3.63, 3.8) is 0 Å². The Morgan fingerprint density at radius 3 is 2.68 bits per heavy atom. The first kappa shape index (κ1) is 19.0. The predicted octanol–water partition coefficient (Wildman–Crippen LogP) is 4.71. The van der Waals surface area contributed by atoms with Gasteiger partial charge in [-0.25, -0.2) is 0 Å². The third-order valence-corrected chi connectivity index (χ3v) is 6.26. The van der Waals surface area contributed by atoms with Crippen LogP contribution in [0.25, 0.3) is 0 Å². The number of methoxy groups -OCH3 is 2. The Balaban J connectivity index is 1.82. The molecule has 0 fully saturated rings. The lowest BCUT2D eigenvalue weighted by Gasteiger charge is -2.37. The molecule has 1 atom stereocenters. The molecule has 144 valence electrons. The molecule has 0 saturated heterocycles. The third-order valence-electron chi connectivity index (χ3n) is 4.90. The molecule has 0 spiro atoms. The van der Waals surface area contributed by atoms with Crippen molar-refractivity contribution in [2.45, 2.75) is 12.5 Å². The summed E-state index contributed by atoms with van der Waals surface area (Å²) in [6.45, 7) is 0.621. The maximum atomic E-state index is 13.4. The summed E-state index contributed by atoms with van der Waals surface area (Å²) >= 11 is 5.05. The van der Waals surface area contributed by atoms with E-state index in [1.165, 1.54) is 5.56 Å². The van der Waals surface area contributed by atoms with Crippen molar-refractivity contribution < 1.29 is 14.3 Å². The Hall–Kier alpha value is -2.38. The molecule has 0 N–H and O–H groups in total. The van der Waals surface area contributed by atoms with Crippen molar-refractivity contribution >= 4 is 33.2 Å². The number of ether oxygens (including phenoxy) is 2. The first-order chi connectivity index (χ1) is 13.6. The number of hydrogen-bond donors (Lipinski definition) is 0. The predicted molar refractivity (Wildman–Crippen MR) is 112 cm³/mol. The van der Waals surface area contributed by atoms with Crippen LogP contribution in [0.5, 0.6) is 11.5 Å². The van der Waals surface area contributed by atoms with Gasteiger partial charge in [0.25, 0.3) is 5.91 Å². The maximum Gasteiger partial charge on any atom is 0.256 e. The lowest BCUT2D eigenvalue weighted by atomic mass is 9.90. The molecule has 1 aliphatic heterocycles. The second kappa shape index (κ2) is 7.93. The van der Waals surface area contributed by atoms with Gasteiger partial charge in [-0.3, -0.25) is 9.78 Å². The fraction of sp³-hybridized carbons (Fsp3) is 0.238. The zero-order valence-corrected chi connectivity index (χ0v) is 17.9. The largest absolute Gasteiger partial charge is 0.493 e. The van der Waals surface area contributed by atoms with Crippen molar-refractivity contribution in [2.75, 3.05) is 20.8 Å². The molecule has 2 aromatic heterocycles. The Morgan fingerprint density at radius 1 is 1.21 bits per heavy atom. The molecule has 3 heterocycles. The number of fused-ring (bicyclic) bond motifs is 1. The van der Waals surface area contributed by atoms with E-state index in [4.69, 9.17) is 9.47 Å². The first-order valence-electron chi connectivity index (χ1n) is 8.82. The summed E-state index contributed by atoms with van der Waals surface area (Å²) in [7, 11) is 3.27. The van der Waals surface area contributed by atoms with Crippen LogP contribution in [0.1, 0.15) is 32.4 Å². The highest BCUT2D eigenvalue weighted by Crippen LogP contribution is 2.42. The van der Waals surface area contributed by atoms with Crippen molar-refractivity contribution in [1.29, 1.82) is 0 Å². The van der Waals surface area contributed by atoms with E-state index < -0.39 is 0 Å². The topological polar surface area (TPSA) is 51.7 Å². The summed E-state index contributed by atoms with van der Waals surface area (Å²) in [4.78, 5) is 20.5. The minimum absolute atomic E-state index is 0.0346. The molecule has 5 nitrogen and oxygen atoms in total. The van der Waals surface area contributed by atoms with Crippen molar-refractivity contribution in [1.82, 2.24) is 9.88 Å². The van der Waals surface area contributed by atoms with Crippen molar-refractivity contribution in [3.8, 4) is 11.5 Å². The Morgan fingerprint density at radius 2 is 2.00 bits per heavy atom. The zero-order chi connectivity index (χ0) is 19.7. The molecule has 28 heavy (non-hydrogen) atoms. The number of carbonyl (C=O) groups excluding carboxylic acids is 1. The van der Waals surface area contributed by atoms with Gasteiger partial charge in [0.15, 0.2) is 11.5 Å². The van der Waals surface area contributed by atoms with Crippen LogP contribution in [-0.4, -0.2) is 36.6 Å². The molecule has 4 rings (SSSR count). The summed E-state index contributed by atoms with van der Waals surface area (Å²) in [5, 5.41) is 2.04. The minimum atomic E-state index is -0.171. The number of nitrogens with zero attached hydrogens (tertiary/aromatic N) is 2. The average molecular weight is 459 g/mol. The molecule has 1 aliphatic rings. The number of hydrogen-bond acceptors (Lipinski definition) is 5. The van der Waals surface area contributed by atoms with E-state index in [-0.39, 0.29) is 11.9 Å². The number of rotatable bonds is 4. The van der Waals surface area contributed by atoms with Gasteiger partial charge in [-0.05, 0) is 63.1 Å². The van der Waals surface area contributed by atoms with Crippen LogP contribution < -0.4 is 9.47 Å². The first-order valence-corrected chi connectivity index (χ1v) is 10.5. The second-order valence-corrected chi connectivity index (χ2v) is 8.36. The van der Waals surface area contributed by atoms with Gasteiger partial charge in [-0.15, -0.1) is 11.3 Å². The standard InChI is InChI=1S/C21H19BrN2O3S/c1-26-17-9-13-5-6-24(21(25)14-8-15(22)12-23-11-14)20(19-4-3-7-28-19)16(13)10-18(17)27-2/h3-4,7-12,20H,5-6H2,1-2H3/t20-/m0/s1. The van der Waals surface area contributed by atoms with E-state index in [1.807, 2.05) is 34.5 Å². The van der Waals surface area contributed by atoms with E-state index >= 15 is 0 Å². The molecular formula is C21H19BrN2O3S. The zero-order valence-electron chi connectivity index (χ0n) is 15.5. The van der Waals surface area contributed by atoms with Crippen LogP contribution in [0.3, 0.4) is 0 Å². The van der Waals surface area contributed by atoms with Gasteiger partial charge < -0.3 is 14.4 Å². The molecule has 1 amide bonds. The molecule has 0 aliphatic carbocycles. The highest BCUT2D eigenvalue weighted by molar-refractivity contribution is 9.10. The number of pyridine rings is 1. The normalized spacial score (nSPS) is 15.8. The summed E-state index contributed by atoms with van der Waals surface area (Å²) in [6, 6.07) is 9.74. The third kappa shape index (κ3) is 3.40. The summed E-state index contributed by atoms with van der Waals surface area (Å²) < 4.78 is 11.8. The monoisotopic (exact) mass is 458 g/mol. The van der Waals surface area contributed by atoms with Gasteiger partial charge in [-0.1, -0.05) is 6.07 Å². The van der Waals surface area contributed by atoms with E-state index in [0.717, 1.165) is 21.3 Å². The fourth-order valence-electron chi connectivity index (χ4n) is 3.61. The Labute approximate surface area is 176 Å². The molecule has 0 saturated carbocycles. The van der Waals surface area contributed by atoms with Crippen LogP contribution in [0.2, 0.25) is 0 Å². The Bertz CT molecular complexity index is 1010. The van der Waals surface area contributed by atoms with Crippen molar-refractivity contribution in [2.24, 2.45) is 0 Å². The summed E-state index contributed by atoms with van der Waals surface area (Å²) in [5.41, 5.74) is 2.81. The van der Waals surface area contributed by atoms with Gasteiger partial charge in [-0.2, -0.15) is 0 Å². The van der Waals surface area contributed by atoms with E-state index in [1.54, 1.807) is 38.0 Å². The smallest absolute Gasteiger partial charge is 0.256 e. The van der Waals surface area contributed by atoms with E-state index in [2.05, 4.69) is 27.0 Å². The van der Waals surface area contributed by atoms with Gasteiger partial charge in [0.2, 0.25) is 0 Å². The lowest BCUT2D eigenvalue weighted by molar-refractivity contribution is 0.0696. The maximum absolute atomic E-state index is 13.4. The lowest BCUT2D eigenvalue weighted by Crippen LogP contribution is -2.40. The van der Waals surface area contributed by atoms with Gasteiger partial charge in [0.1, 0.15) is 0 Å². The van der Waals surface area contributed by atoms with Crippen molar-refractivity contribution in [3.05, 3.63) is 74.1 Å². The van der Waals surface area contributed by atoms with Crippen LogP contribution in [0, 0.1) is 0 Å². The molecule has 0 unspecified atom stereocenters. The van der Waals surface area contributed by atoms with Gasteiger partial charge in [0.05, 0.1) is 25.8 Å². The van der Waals surface area contributed by atoms with E-state index in [0.29, 0.717) is 23.6 Å². The number of benzene rings is 1. The quantitative estimate of drug-likeness (QED) is 0.567. The number of amides is 1. The second-order valence-electron chi connectivity index (χ2n) is 6.46. The number of halogens is 1. The highest BCUT2D eigenvalue weighted by atomic mass is 79.9. The van der Waals surface area contributed by atoms with E-state index in [9.17, 15) is 4.79 Å². The number of thiophene rings is 1. The fourth-order valence-corrected chi connectivity index (χ4v) is 4.83. The minimum Gasteiger partial charge on any atom is -0.493 e. The average Bonchev–Trinajstić information content (AvgIpc) is 3.25. The van der Waals surface area contributed by atoms with Crippen LogP contribution >= 0.6 is 27.3 Å². The Kier molecular flexibility index (Phi) is 5.37. The highest BCUT2D eigenvalue weighted by Gasteiger charge is 2.34. The van der Waals surface area contributed by atoms with Gasteiger partial charge >= 0.3 is 0 Å². The van der Waals surface area contributed by atoms with Crippen LogP contribution in [0.15, 0.2) is 52.6 Å². The summed E-state index contributed by atoms with van der Waals surface area (Å²) in [6.07, 6.45) is 4.05. The van der Waals surface area contributed by atoms with Crippen LogP contribution in [0.4, 0.5) is 0 Å². The number of aromatic nitrogens is 1. The molecule has 7 heteroatoms. The molecular weight excluding hydrogens is 440 g/mol. The van der Waals surface area contributed by atoms with Crippen LogP contribution in [-0.2, 0) is 6.42 Å². The number of carbonyl (C=O) groups is 1. The van der Waals surface area contributed by atoms with Gasteiger partial charge in [0, 0.05) is 28.3 Å². The SMILES string of the molecule is COc1cc2c(cc1OC)[C@@H](c1cccs1)N(C(=O)c1cncc(Br)c1)CC2. The molecule has 0 radical (unpaired) electrons. The molecule has 3 aromatic rings. The molecule has 1 aromatic carbocycles. The molecule has 0 bridgehead atoms.